The van der Waals surface area contributed by atoms with Gasteiger partial charge in [0, 0.05) is 35.2 Å². The quantitative estimate of drug-likeness (QED) is 0.126. The SMILES string of the molecule is CC(O)(NCc1cnc(-c2ccc(OCCCOS(C)(=O)=O)cc2)s1)c1ccc2c(c1)NC(=O)c1ccccc1O2. The minimum atomic E-state index is -3.44. The molecule has 3 aromatic carbocycles. The van der Waals surface area contributed by atoms with Crippen LogP contribution in [0.4, 0.5) is 5.69 Å². The highest BCUT2D eigenvalue weighted by Crippen LogP contribution is 2.37. The lowest BCUT2D eigenvalue weighted by atomic mass is 10.0. The van der Waals surface area contributed by atoms with E-state index in [9.17, 15) is 18.3 Å². The third-order valence-electron chi connectivity index (χ3n) is 6.26. The molecule has 3 N–H and O–H groups in total. The van der Waals surface area contributed by atoms with Crippen LogP contribution in [0.5, 0.6) is 17.2 Å². The number of carbonyl (C=O) groups excluding carboxylic acids is 1. The summed E-state index contributed by atoms with van der Waals surface area (Å²) in [7, 11) is -3.44. The summed E-state index contributed by atoms with van der Waals surface area (Å²) in [6, 6.07) is 19.7. The normalized spacial score (nSPS) is 14.2. The molecule has 0 radical (unpaired) electrons. The Labute approximate surface area is 242 Å². The summed E-state index contributed by atoms with van der Waals surface area (Å²) >= 11 is 1.50. The number of amides is 1. The predicted octanol–water partition coefficient (Wildman–Crippen LogP) is 4.87. The number of aromatic nitrogens is 1. The first kappa shape index (κ1) is 28.7. The highest BCUT2D eigenvalue weighted by atomic mass is 32.2. The fourth-order valence-electron chi connectivity index (χ4n) is 4.11. The maximum absolute atomic E-state index is 12.7. The van der Waals surface area contributed by atoms with Crippen molar-refractivity contribution in [3.63, 3.8) is 0 Å². The fourth-order valence-corrected chi connectivity index (χ4v) is 5.39. The molecule has 12 heteroatoms. The van der Waals surface area contributed by atoms with Crippen LogP contribution in [0.2, 0.25) is 0 Å². The van der Waals surface area contributed by atoms with E-state index in [4.69, 9.17) is 13.7 Å². The number of rotatable bonds is 11. The van der Waals surface area contributed by atoms with E-state index in [0.717, 1.165) is 21.7 Å². The Balaban J connectivity index is 1.17. The average Bonchev–Trinajstić information content (AvgIpc) is 3.36. The van der Waals surface area contributed by atoms with Gasteiger partial charge in [0.15, 0.2) is 5.75 Å². The van der Waals surface area contributed by atoms with Gasteiger partial charge in [-0.15, -0.1) is 11.3 Å². The number of para-hydroxylation sites is 1. The summed E-state index contributed by atoms with van der Waals surface area (Å²) in [5.74, 6) is 1.35. The smallest absolute Gasteiger partial charge is 0.264 e. The van der Waals surface area contributed by atoms with Gasteiger partial charge >= 0.3 is 0 Å². The molecule has 1 atom stereocenters. The standard InChI is InChI=1S/C29H29N3O7S2/c1-29(34,20-10-13-26-24(16-20)32-27(33)23-6-3-4-7-25(23)39-26)31-18-22-17-30-28(40-22)19-8-11-21(12-9-19)37-14-5-15-38-41(2,35)36/h3-4,6-13,16-17,31,34H,5,14-15,18H2,1-2H3,(H,32,33). The lowest BCUT2D eigenvalue weighted by Gasteiger charge is -2.26. The van der Waals surface area contributed by atoms with Crippen molar-refractivity contribution < 1.29 is 32.0 Å². The lowest BCUT2D eigenvalue weighted by Crippen LogP contribution is -2.38. The molecule has 1 amide bonds. The monoisotopic (exact) mass is 595 g/mol. The molecular formula is C29H29N3O7S2. The van der Waals surface area contributed by atoms with E-state index >= 15 is 0 Å². The number of aliphatic hydroxyl groups is 1. The van der Waals surface area contributed by atoms with Gasteiger partial charge in [0.2, 0.25) is 0 Å². The molecule has 214 valence electrons. The van der Waals surface area contributed by atoms with Crippen molar-refractivity contribution in [2.45, 2.75) is 25.6 Å². The molecule has 10 nitrogen and oxygen atoms in total. The molecule has 1 unspecified atom stereocenters. The summed E-state index contributed by atoms with van der Waals surface area (Å²) in [5, 5.41) is 18.1. The number of benzene rings is 3. The summed E-state index contributed by atoms with van der Waals surface area (Å²) in [6.07, 6.45) is 3.23. The molecule has 0 aliphatic carbocycles. The molecule has 41 heavy (non-hydrogen) atoms. The number of thiazole rings is 1. The first-order chi connectivity index (χ1) is 19.6. The summed E-state index contributed by atoms with van der Waals surface area (Å²) < 4.78 is 38.3. The van der Waals surface area contributed by atoms with Gasteiger partial charge in [-0.2, -0.15) is 8.42 Å². The van der Waals surface area contributed by atoms with Gasteiger partial charge in [-0.05, 0) is 55.5 Å². The molecule has 5 rings (SSSR count). The highest BCUT2D eigenvalue weighted by Gasteiger charge is 2.26. The molecule has 1 aromatic heterocycles. The van der Waals surface area contributed by atoms with Crippen LogP contribution in [0.25, 0.3) is 10.6 Å². The fraction of sp³-hybridized carbons (Fsp3) is 0.241. The van der Waals surface area contributed by atoms with Crippen LogP contribution in [-0.2, 0) is 26.6 Å². The number of hydrogen-bond acceptors (Lipinski definition) is 10. The van der Waals surface area contributed by atoms with E-state index < -0.39 is 15.8 Å². The van der Waals surface area contributed by atoms with Gasteiger partial charge in [0.1, 0.15) is 22.2 Å². The Morgan fingerprint density at radius 2 is 1.85 bits per heavy atom. The Bertz CT molecular complexity index is 1650. The molecule has 4 aromatic rings. The second-order valence-corrected chi connectivity index (χ2v) is 12.3. The van der Waals surface area contributed by atoms with Crippen LogP contribution >= 0.6 is 11.3 Å². The van der Waals surface area contributed by atoms with E-state index in [2.05, 4.69) is 15.6 Å². The van der Waals surface area contributed by atoms with Crippen molar-refractivity contribution in [1.82, 2.24) is 10.3 Å². The van der Waals surface area contributed by atoms with Gasteiger partial charge in [-0.3, -0.25) is 14.3 Å². The first-order valence-corrected chi connectivity index (χ1v) is 15.4. The Hall–Kier alpha value is -3.81. The largest absolute Gasteiger partial charge is 0.494 e. The molecule has 0 saturated carbocycles. The third-order valence-corrected chi connectivity index (χ3v) is 7.90. The van der Waals surface area contributed by atoms with Gasteiger partial charge in [-0.1, -0.05) is 18.2 Å². The number of nitrogens with zero attached hydrogens (tertiary/aromatic N) is 1. The third kappa shape index (κ3) is 7.29. The van der Waals surface area contributed by atoms with Gasteiger partial charge in [-0.25, -0.2) is 4.98 Å². The van der Waals surface area contributed by atoms with Crippen molar-refractivity contribution in [3.05, 3.63) is 88.9 Å². The molecular weight excluding hydrogens is 566 g/mol. The second-order valence-electron chi connectivity index (χ2n) is 9.57. The molecule has 0 bridgehead atoms. The van der Waals surface area contributed by atoms with Crippen LogP contribution in [0.15, 0.2) is 72.9 Å². The van der Waals surface area contributed by atoms with Crippen LogP contribution in [0.3, 0.4) is 0 Å². The number of carbonyl (C=O) groups is 1. The molecule has 0 saturated heterocycles. The van der Waals surface area contributed by atoms with Crippen LogP contribution in [0.1, 0.15) is 34.1 Å². The Morgan fingerprint density at radius 3 is 2.63 bits per heavy atom. The molecule has 0 spiro atoms. The highest BCUT2D eigenvalue weighted by molar-refractivity contribution is 7.85. The topological polar surface area (TPSA) is 136 Å². The Morgan fingerprint density at radius 1 is 1.07 bits per heavy atom. The lowest BCUT2D eigenvalue weighted by molar-refractivity contribution is 0.0181. The zero-order valence-electron chi connectivity index (χ0n) is 22.4. The summed E-state index contributed by atoms with van der Waals surface area (Å²) in [5.41, 5.74) is 1.00. The van der Waals surface area contributed by atoms with Gasteiger partial charge in [0.05, 0.1) is 30.7 Å². The zero-order chi connectivity index (χ0) is 29.0. The number of fused-ring (bicyclic) bond motifs is 2. The number of hydrogen-bond donors (Lipinski definition) is 3. The van der Waals surface area contributed by atoms with Crippen molar-refractivity contribution >= 4 is 33.0 Å². The van der Waals surface area contributed by atoms with E-state index in [1.165, 1.54) is 11.3 Å². The molecule has 1 aliphatic rings. The van der Waals surface area contributed by atoms with E-state index in [1.807, 2.05) is 24.3 Å². The Kier molecular flexibility index (Phi) is 8.38. The average molecular weight is 596 g/mol. The zero-order valence-corrected chi connectivity index (χ0v) is 24.1. The van der Waals surface area contributed by atoms with Crippen molar-refractivity contribution in [2.75, 3.05) is 24.8 Å². The maximum atomic E-state index is 12.7. The summed E-state index contributed by atoms with van der Waals surface area (Å²) in [6.45, 7) is 2.43. The summed E-state index contributed by atoms with van der Waals surface area (Å²) in [4.78, 5) is 18.1. The van der Waals surface area contributed by atoms with Crippen LogP contribution < -0.4 is 20.1 Å². The van der Waals surface area contributed by atoms with Crippen molar-refractivity contribution in [3.8, 4) is 27.8 Å². The van der Waals surface area contributed by atoms with Crippen molar-refractivity contribution in [1.29, 1.82) is 0 Å². The number of ether oxygens (including phenoxy) is 2. The number of nitrogens with one attached hydrogen (secondary N) is 2. The molecule has 2 heterocycles. The minimum absolute atomic E-state index is 0.0754. The predicted molar refractivity (Wildman–Crippen MR) is 156 cm³/mol. The van der Waals surface area contributed by atoms with Crippen LogP contribution in [-0.4, -0.2) is 43.9 Å². The number of anilines is 1. The van der Waals surface area contributed by atoms with Crippen LogP contribution in [0, 0.1) is 0 Å². The molecule has 1 aliphatic heterocycles. The molecule has 0 fully saturated rings. The van der Waals surface area contributed by atoms with E-state index in [1.54, 1.807) is 55.6 Å². The maximum Gasteiger partial charge on any atom is 0.264 e. The minimum Gasteiger partial charge on any atom is -0.494 e. The van der Waals surface area contributed by atoms with E-state index in [0.29, 0.717) is 53.6 Å². The van der Waals surface area contributed by atoms with Gasteiger partial charge in [0.25, 0.3) is 16.0 Å². The van der Waals surface area contributed by atoms with E-state index in [-0.39, 0.29) is 12.5 Å². The van der Waals surface area contributed by atoms with Gasteiger partial charge < -0.3 is 19.9 Å². The first-order valence-electron chi connectivity index (χ1n) is 12.8. The van der Waals surface area contributed by atoms with Crippen molar-refractivity contribution in [2.24, 2.45) is 0 Å². The second kappa shape index (κ2) is 12.0.